The summed E-state index contributed by atoms with van der Waals surface area (Å²) < 4.78 is 33.0. The van der Waals surface area contributed by atoms with Crippen LogP contribution >= 0.6 is 0 Å². The van der Waals surface area contributed by atoms with Gasteiger partial charge in [-0.3, -0.25) is 9.89 Å². The van der Waals surface area contributed by atoms with Gasteiger partial charge in [0, 0.05) is 17.5 Å². The number of sulfone groups is 1. The van der Waals surface area contributed by atoms with Crippen LogP contribution < -0.4 is 10.3 Å². The first-order chi connectivity index (χ1) is 14.4. The molecule has 1 aliphatic heterocycles. The highest BCUT2D eigenvalue weighted by molar-refractivity contribution is 7.91. The maximum absolute atomic E-state index is 13.1. The fraction of sp³-hybridized carbons (Fsp3) is 0.190. The number of nitrogens with zero attached hydrogens (tertiary/aromatic N) is 3. The van der Waals surface area contributed by atoms with Crippen molar-refractivity contribution in [3.8, 4) is 5.75 Å². The average molecular weight is 422 g/mol. The summed E-state index contributed by atoms with van der Waals surface area (Å²) in [5.74, 6) is 0.726. The summed E-state index contributed by atoms with van der Waals surface area (Å²) in [4.78, 5) is 13.1. The van der Waals surface area contributed by atoms with Gasteiger partial charge in [-0.05, 0) is 55.0 Å². The molecular formula is C21H18N4O4S. The zero-order valence-electron chi connectivity index (χ0n) is 16.1. The smallest absolute Gasteiger partial charge is 0.274 e. The molecule has 0 saturated heterocycles. The van der Waals surface area contributed by atoms with Gasteiger partial charge in [-0.1, -0.05) is 0 Å². The standard InChI is InChI=1S/C21H18N4O4S/c1-13-8-16(24-23-13)12-25-21(26)19-4-2-17(10-15(19)11-22-25)30(27,28)18-3-5-20-14(9-18)6-7-29-20/h2-5,8-11H,6-7,12H2,1H3,(H,23,24). The summed E-state index contributed by atoms with van der Waals surface area (Å²) in [6.45, 7) is 2.67. The molecule has 152 valence electrons. The SMILES string of the molecule is Cc1cc(Cn2ncc3cc(S(=O)(=O)c4ccc5c(c4)CCO5)ccc3c2=O)n[nH]1. The van der Waals surface area contributed by atoms with Crippen molar-refractivity contribution in [2.75, 3.05) is 6.61 Å². The van der Waals surface area contributed by atoms with E-state index < -0.39 is 9.84 Å². The van der Waals surface area contributed by atoms with Gasteiger partial charge >= 0.3 is 0 Å². The van der Waals surface area contributed by atoms with Gasteiger partial charge in [0.1, 0.15) is 5.75 Å². The molecular weight excluding hydrogens is 404 g/mol. The van der Waals surface area contributed by atoms with E-state index in [-0.39, 0.29) is 21.9 Å². The third kappa shape index (κ3) is 3.07. The Hall–Kier alpha value is -3.46. The third-order valence-electron chi connectivity index (χ3n) is 5.18. The Labute approximate surface area is 172 Å². The van der Waals surface area contributed by atoms with E-state index in [2.05, 4.69) is 15.3 Å². The van der Waals surface area contributed by atoms with Crippen LogP contribution in [-0.2, 0) is 22.8 Å². The first-order valence-electron chi connectivity index (χ1n) is 9.43. The number of aromatic amines is 1. The Balaban J connectivity index is 1.53. The number of H-pyrrole nitrogens is 1. The molecule has 0 amide bonds. The van der Waals surface area contributed by atoms with E-state index in [1.165, 1.54) is 29.1 Å². The second-order valence-corrected chi connectivity index (χ2v) is 9.22. The fourth-order valence-electron chi connectivity index (χ4n) is 3.62. The van der Waals surface area contributed by atoms with Crippen molar-refractivity contribution in [3.05, 3.63) is 76.0 Å². The largest absolute Gasteiger partial charge is 0.493 e. The predicted molar refractivity (Wildman–Crippen MR) is 110 cm³/mol. The highest BCUT2D eigenvalue weighted by Crippen LogP contribution is 2.30. The van der Waals surface area contributed by atoms with E-state index >= 15 is 0 Å². The van der Waals surface area contributed by atoms with Crippen molar-refractivity contribution in [1.82, 2.24) is 20.0 Å². The number of benzene rings is 2. The first-order valence-corrected chi connectivity index (χ1v) is 10.9. The van der Waals surface area contributed by atoms with Gasteiger partial charge in [-0.15, -0.1) is 0 Å². The van der Waals surface area contributed by atoms with E-state index in [9.17, 15) is 13.2 Å². The highest BCUT2D eigenvalue weighted by Gasteiger charge is 2.22. The van der Waals surface area contributed by atoms with Crippen LogP contribution in [0.25, 0.3) is 10.8 Å². The number of aromatic nitrogens is 4. The van der Waals surface area contributed by atoms with Gasteiger partial charge < -0.3 is 4.74 Å². The maximum atomic E-state index is 13.1. The Morgan fingerprint density at radius 3 is 2.73 bits per heavy atom. The Bertz CT molecular complexity index is 1450. The van der Waals surface area contributed by atoms with Crippen molar-refractivity contribution in [2.45, 2.75) is 29.7 Å². The number of hydrogen-bond acceptors (Lipinski definition) is 6. The molecule has 0 saturated carbocycles. The van der Waals surface area contributed by atoms with Crippen LogP contribution in [0.2, 0.25) is 0 Å². The van der Waals surface area contributed by atoms with Gasteiger partial charge in [0.05, 0.1) is 40.2 Å². The average Bonchev–Trinajstić information content (AvgIpc) is 3.37. The lowest BCUT2D eigenvalue weighted by molar-refractivity contribution is 0.356. The van der Waals surface area contributed by atoms with Crippen molar-refractivity contribution < 1.29 is 13.2 Å². The Morgan fingerprint density at radius 2 is 1.93 bits per heavy atom. The molecule has 8 nitrogen and oxygen atoms in total. The fourth-order valence-corrected chi connectivity index (χ4v) is 4.97. The van der Waals surface area contributed by atoms with E-state index in [1.807, 2.05) is 13.0 Å². The molecule has 0 aliphatic carbocycles. The molecule has 2 aromatic heterocycles. The molecule has 3 heterocycles. The maximum Gasteiger partial charge on any atom is 0.274 e. The second-order valence-electron chi connectivity index (χ2n) is 7.27. The third-order valence-corrected chi connectivity index (χ3v) is 6.93. The molecule has 0 bridgehead atoms. The minimum atomic E-state index is -3.73. The van der Waals surface area contributed by atoms with Gasteiger partial charge in [0.15, 0.2) is 0 Å². The van der Waals surface area contributed by atoms with Crippen LogP contribution in [-0.4, -0.2) is 35.0 Å². The van der Waals surface area contributed by atoms with Crippen molar-refractivity contribution in [3.63, 3.8) is 0 Å². The Kier molecular flexibility index (Phi) is 4.21. The minimum Gasteiger partial charge on any atom is -0.493 e. The molecule has 0 fully saturated rings. The number of fused-ring (bicyclic) bond motifs is 2. The summed E-state index contributed by atoms with van der Waals surface area (Å²) in [5, 5.41) is 12.0. The van der Waals surface area contributed by atoms with Crippen molar-refractivity contribution in [2.24, 2.45) is 0 Å². The van der Waals surface area contributed by atoms with E-state index in [0.717, 1.165) is 17.0 Å². The summed E-state index contributed by atoms with van der Waals surface area (Å²) in [6, 6.07) is 11.2. The predicted octanol–water partition coefficient (Wildman–Crippen LogP) is 2.24. The molecule has 0 spiro atoms. The molecule has 0 atom stereocenters. The van der Waals surface area contributed by atoms with Gasteiger partial charge in [0.2, 0.25) is 9.84 Å². The van der Waals surface area contributed by atoms with Gasteiger partial charge in [-0.25, -0.2) is 13.1 Å². The lowest BCUT2D eigenvalue weighted by atomic mass is 10.2. The summed E-state index contributed by atoms with van der Waals surface area (Å²) in [7, 11) is -3.73. The molecule has 0 radical (unpaired) electrons. The van der Waals surface area contributed by atoms with E-state index in [0.29, 0.717) is 29.5 Å². The molecule has 0 unspecified atom stereocenters. The quantitative estimate of drug-likeness (QED) is 0.541. The van der Waals surface area contributed by atoms with Crippen LogP contribution in [0.5, 0.6) is 5.75 Å². The molecule has 9 heteroatoms. The lowest BCUT2D eigenvalue weighted by Crippen LogP contribution is -2.23. The van der Waals surface area contributed by atoms with Crippen molar-refractivity contribution >= 4 is 20.6 Å². The highest BCUT2D eigenvalue weighted by atomic mass is 32.2. The van der Waals surface area contributed by atoms with Crippen LogP contribution in [0, 0.1) is 6.92 Å². The molecule has 1 N–H and O–H groups in total. The topological polar surface area (TPSA) is 107 Å². The normalized spacial score (nSPS) is 13.4. The number of rotatable bonds is 4. The molecule has 4 aromatic rings. The number of nitrogens with one attached hydrogen (secondary N) is 1. The molecule has 30 heavy (non-hydrogen) atoms. The van der Waals surface area contributed by atoms with E-state index in [1.54, 1.807) is 18.2 Å². The summed E-state index contributed by atoms with van der Waals surface area (Å²) in [5.41, 5.74) is 2.18. The monoisotopic (exact) mass is 422 g/mol. The van der Waals surface area contributed by atoms with Crippen LogP contribution in [0.3, 0.4) is 0 Å². The number of hydrogen-bond donors (Lipinski definition) is 1. The van der Waals surface area contributed by atoms with Crippen LogP contribution in [0.4, 0.5) is 0 Å². The second kappa shape index (κ2) is 6.81. The molecule has 5 rings (SSSR count). The lowest BCUT2D eigenvalue weighted by Gasteiger charge is -2.09. The summed E-state index contributed by atoms with van der Waals surface area (Å²) in [6.07, 6.45) is 2.20. The zero-order valence-corrected chi connectivity index (χ0v) is 16.9. The first kappa shape index (κ1) is 18.6. The van der Waals surface area contributed by atoms with Crippen LogP contribution in [0.1, 0.15) is 17.0 Å². The summed E-state index contributed by atoms with van der Waals surface area (Å²) >= 11 is 0. The zero-order chi connectivity index (χ0) is 20.9. The number of aryl methyl sites for hydroxylation is 1. The van der Waals surface area contributed by atoms with Crippen molar-refractivity contribution in [1.29, 1.82) is 0 Å². The molecule has 2 aromatic carbocycles. The Morgan fingerprint density at radius 1 is 1.13 bits per heavy atom. The number of ether oxygens (including phenoxy) is 1. The van der Waals surface area contributed by atoms with Gasteiger partial charge in [-0.2, -0.15) is 10.2 Å². The van der Waals surface area contributed by atoms with E-state index in [4.69, 9.17) is 4.74 Å². The molecule has 1 aliphatic rings. The minimum absolute atomic E-state index is 0.121. The van der Waals surface area contributed by atoms with Gasteiger partial charge in [0.25, 0.3) is 5.56 Å². The van der Waals surface area contributed by atoms with Crippen LogP contribution in [0.15, 0.2) is 63.2 Å².